The van der Waals surface area contributed by atoms with Gasteiger partial charge in [0.15, 0.2) is 0 Å². The molecule has 60 valence electrons. The Kier molecular flexibility index (Phi) is 2.57. The van der Waals surface area contributed by atoms with Crippen molar-refractivity contribution in [2.75, 3.05) is 0 Å². The highest BCUT2D eigenvalue weighted by Gasteiger charge is 2.10. The van der Waals surface area contributed by atoms with E-state index in [9.17, 15) is 5.11 Å². The van der Waals surface area contributed by atoms with Gasteiger partial charge in [-0.3, -0.25) is 4.98 Å². The summed E-state index contributed by atoms with van der Waals surface area (Å²) < 4.78 is 0. The van der Waals surface area contributed by atoms with E-state index in [4.69, 9.17) is 5.73 Å². The van der Waals surface area contributed by atoms with E-state index in [1.165, 1.54) is 0 Å². The lowest BCUT2D eigenvalue weighted by molar-refractivity contribution is 0.153. The minimum Gasteiger partial charge on any atom is -0.387 e. The van der Waals surface area contributed by atoms with E-state index in [1.807, 2.05) is 0 Å². The van der Waals surface area contributed by atoms with Crippen LogP contribution >= 0.6 is 0 Å². The molecule has 2 atom stereocenters. The summed E-state index contributed by atoms with van der Waals surface area (Å²) in [5.74, 6) is 0. The van der Waals surface area contributed by atoms with Crippen LogP contribution in [0.5, 0.6) is 0 Å². The van der Waals surface area contributed by atoms with Gasteiger partial charge in [-0.1, -0.05) is 0 Å². The first kappa shape index (κ1) is 8.17. The molecule has 1 heterocycles. The largest absolute Gasteiger partial charge is 0.387 e. The van der Waals surface area contributed by atoms with Crippen molar-refractivity contribution in [3.8, 4) is 0 Å². The second-order valence-electron chi connectivity index (χ2n) is 2.58. The Labute approximate surface area is 65.9 Å². The van der Waals surface area contributed by atoms with Crippen molar-refractivity contribution in [2.45, 2.75) is 19.1 Å². The lowest BCUT2D eigenvalue weighted by Gasteiger charge is -2.13. The molecule has 0 radical (unpaired) electrons. The summed E-state index contributed by atoms with van der Waals surface area (Å²) in [6.45, 7) is 1.77. The first-order valence-corrected chi connectivity index (χ1v) is 3.55. The smallest absolute Gasteiger partial charge is 0.0939 e. The third-order valence-corrected chi connectivity index (χ3v) is 1.55. The summed E-state index contributed by atoms with van der Waals surface area (Å²) in [4.78, 5) is 3.84. The molecular formula is C8H12N2O. The fraction of sp³-hybridized carbons (Fsp3) is 0.375. The van der Waals surface area contributed by atoms with Crippen molar-refractivity contribution >= 4 is 0 Å². The van der Waals surface area contributed by atoms with E-state index in [1.54, 1.807) is 31.5 Å². The molecule has 0 aliphatic heterocycles. The van der Waals surface area contributed by atoms with Crippen LogP contribution in [0.25, 0.3) is 0 Å². The average Bonchev–Trinajstić information content (AvgIpc) is 2.05. The molecule has 0 bridgehead atoms. The zero-order valence-corrected chi connectivity index (χ0v) is 6.44. The molecule has 1 aromatic rings. The Morgan fingerprint density at radius 3 is 2.45 bits per heavy atom. The molecule has 0 saturated carbocycles. The Morgan fingerprint density at radius 2 is 2.00 bits per heavy atom. The second-order valence-corrected chi connectivity index (χ2v) is 2.58. The SMILES string of the molecule is C[C@@H](N)[C@H](O)c1ccncc1. The topological polar surface area (TPSA) is 59.1 Å². The van der Waals surface area contributed by atoms with Crippen molar-refractivity contribution in [3.05, 3.63) is 30.1 Å². The number of rotatable bonds is 2. The molecule has 0 fully saturated rings. The van der Waals surface area contributed by atoms with Crippen LogP contribution in [-0.2, 0) is 0 Å². The summed E-state index contributed by atoms with van der Waals surface area (Å²) in [5, 5.41) is 9.44. The molecule has 1 rings (SSSR count). The molecule has 11 heavy (non-hydrogen) atoms. The zero-order valence-electron chi connectivity index (χ0n) is 6.44. The third kappa shape index (κ3) is 2.00. The molecule has 0 saturated heterocycles. The molecule has 1 aromatic heterocycles. The van der Waals surface area contributed by atoms with Gasteiger partial charge in [0.2, 0.25) is 0 Å². The van der Waals surface area contributed by atoms with Gasteiger partial charge < -0.3 is 10.8 Å². The van der Waals surface area contributed by atoms with Crippen molar-refractivity contribution in [2.24, 2.45) is 5.73 Å². The fourth-order valence-corrected chi connectivity index (χ4v) is 0.864. The molecule has 0 aliphatic carbocycles. The van der Waals surface area contributed by atoms with Gasteiger partial charge in [-0.05, 0) is 24.6 Å². The fourth-order valence-electron chi connectivity index (χ4n) is 0.864. The lowest BCUT2D eigenvalue weighted by Crippen LogP contribution is -2.24. The van der Waals surface area contributed by atoms with Crippen molar-refractivity contribution < 1.29 is 5.11 Å². The summed E-state index contributed by atoms with van der Waals surface area (Å²) in [6.07, 6.45) is 2.69. The third-order valence-electron chi connectivity index (χ3n) is 1.55. The number of aliphatic hydroxyl groups excluding tert-OH is 1. The van der Waals surface area contributed by atoms with Gasteiger partial charge in [0.25, 0.3) is 0 Å². The molecule has 0 aromatic carbocycles. The van der Waals surface area contributed by atoms with Crippen LogP contribution in [0.3, 0.4) is 0 Å². The minimum atomic E-state index is -0.585. The summed E-state index contributed by atoms with van der Waals surface area (Å²) in [7, 11) is 0. The predicted molar refractivity (Wildman–Crippen MR) is 42.8 cm³/mol. The van der Waals surface area contributed by atoms with Crippen LogP contribution in [0, 0.1) is 0 Å². The Balaban J connectivity index is 2.77. The molecular weight excluding hydrogens is 140 g/mol. The number of hydrogen-bond acceptors (Lipinski definition) is 3. The molecule has 3 nitrogen and oxygen atoms in total. The number of aliphatic hydroxyl groups is 1. The van der Waals surface area contributed by atoms with Crippen LogP contribution in [-0.4, -0.2) is 16.1 Å². The summed E-state index contributed by atoms with van der Waals surface area (Å²) in [5.41, 5.74) is 6.31. The Hall–Kier alpha value is -0.930. The maximum absolute atomic E-state index is 9.44. The van der Waals surface area contributed by atoms with Crippen LogP contribution in [0.2, 0.25) is 0 Å². The van der Waals surface area contributed by atoms with Crippen molar-refractivity contribution in [1.29, 1.82) is 0 Å². The highest BCUT2D eigenvalue weighted by Crippen LogP contribution is 2.12. The molecule has 0 unspecified atom stereocenters. The maximum atomic E-state index is 9.44. The Morgan fingerprint density at radius 1 is 1.45 bits per heavy atom. The van der Waals surface area contributed by atoms with Gasteiger partial charge in [-0.25, -0.2) is 0 Å². The van der Waals surface area contributed by atoms with E-state index in [2.05, 4.69) is 4.98 Å². The highest BCUT2D eigenvalue weighted by molar-refractivity contribution is 5.14. The summed E-state index contributed by atoms with van der Waals surface area (Å²) >= 11 is 0. The zero-order chi connectivity index (χ0) is 8.27. The average molecular weight is 152 g/mol. The second kappa shape index (κ2) is 3.46. The van der Waals surface area contributed by atoms with E-state index in [0.717, 1.165) is 5.56 Å². The van der Waals surface area contributed by atoms with Gasteiger partial charge >= 0.3 is 0 Å². The number of pyridine rings is 1. The molecule has 3 heteroatoms. The first-order valence-electron chi connectivity index (χ1n) is 3.55. The quantitative estimate of drug-likeness (QED) is 0.647. The van der Waals surface area contributed by atoms with Crippen LogP contribution in [0.4, 0.5) is 0 Å². The molecule has 0 amide bonds. The van der Waals surface area contributed by atoms with E-state index in [-0.39, 0.29) is 6.04 Å². The van der Waals surface area contributed by atoms with Gasteiger partial charge in [0.05, 0.1) is 6.10 Å². The number of hydrogen-bond donors (Lipinski definition) is 2. The van der Waals surface area contributed by atoms with E-state index < -0.39 is 6.10 Å². The van der Waals surface area contributed by atoms with Gasteiger partial charge in [-0.15, -0.1) is 0 Å². The predicted octanol–water partition coefficient (Wildman–Crippen LogP) is 0.462. The standard InChI is InChI=1S/C8H12N2O/c1-6(9)8(11)7-2-4-10-5-3-7/h2-6,8,11H,9H2,1H3/t6-,8+/m1/s1. The minimum absolute atomic E-state index is 0.239. The maximum Gasteiger partial charge on any atom is 0.0939 e. The van der Waals surface area contributed by atoms with E-state index in [0.29, 0.717) is 0 Å². The monoisotopic (exact) mass is 152 g/mol. The van der Waals surface area contributed by atoms with Crippen molar-refractivity contribution in [1.82, 2.24) is 4.98 Å². The number of nitrogens with zero attached hydrogens (tertiary/aromatic N) is 1. The van der Waals surface area contributed by atoms with Gasteiger partial charge in [0.1, 0.15) is 0 Å². The van der Waals surface area contributed by atoms with Gasteiger partial charge in [-0.2, -0.15) is 0 Å². The molecule has 3 N–H and O–H groups in total. The van der Waals surface area contributed by atoms with Crippen LogP contribution in [0.15, 0.2) is 24.5 Å². The lowest BCUT2D eigenvalue weighted by atomic mass is 10.1. The normalized spacial score (nSPS) is 15.9. The summed E-state index contributed by atoms with van der Waals surface area (Å²) in [6, 6.07) is 3.28. The first-order chi connectivity index (χ1) is 5.22. The molecule has 0 aliphatic rings. The van der Waals surface area contributed by atoms with Crippen LogP contribution in [0.1, 0.15) is 18.6 Å². The van der Waals surface area contributed by atoms with Crippen LogP contribution < -0.4 is 5.73 Å². The van der Waals surface area contributed by atoms with Gasteiger partial charge in [0, 0.05) is 18.4 Å². The number of nitrogens with two attached hydrogens (primary N) is 1. The highest BCUT2D eigenvalue weighted by atomic mass is 16.3. The Bertz CT molecular complexity index is 211. The molecule has 0 spiro atoms. The number of aromatic nitrogens is 1. The van der Waals surface area contributed by atoms with E-state index >= 15 is 0 Å². The van der Waals surface area contributed by atoms with Crippen molar-refractivity contribution in [3.63, 3.8) is 0 Å².